The molecule has 0 aliphatic heterocycles. The van der Waals surface area contributed by atoms with Crippen LogP contribution < -0.4 is 4.90 Å². The lowest BCUT2D eigenvalue weighted by Crippen LogP contribution is -2.31. The SMILES string of the molecule is CCN(C(=O)c1cncc(C(=O)N(C)Cc2ccccc2)c1)c1cccc(C)c1. The van der Waals surface area contributed by atoms with Gasteiger partial charge in [0.05, 0.1) is 11.1 Å². The first-order valence-electron chi connectivity index (χ1n) is 9.62. The normalized spacial score (nSPS) is 10.4. The Kier molecular flexibility index (Phi) is 6.39. The van der Waals surface area contributed by atoms with Crippen LogP contribution in [-0.2, 0) is 6.54 Å². The van der Waals surface area contributed by atoms with Gasteiger partial charge in [-0.15, -0.1) is 0 Å². The summed E-state index contributed by atoms with van der Waals surface area (Å²) >= 11 is 0. The average molecular weight is 387 g/mol. The molecule has 1 heterocycles. The number of carbonyl (C=O) groups excluding carboxylic acids is 2. The summed E-state index contributed by atoms with van der Waals surface area (Å²) in [5, 5.41) is 0. The van der Waals surface area contributed by atoms with Crippen molar-refractivity contribution < 1.29 is 9.59 Å². The van der Waals surface area contributed by atoms with E-state index in [1.54, 1.807) is 22.9 Å². The molecule has 0 saturated heterocycles. The third-order valence-electron chi connectivity index (χ3n) is 4.72. The van der Waals surface area contributed by atoms with Gasteiger partial charge in [0.15, 0.2) is 0 Å². The van der Waals surface area contributed by atoms with Gasteiger partial charge in [0.25, 0.3) is 11.8 Å². The zero-order chi connectivity index (χ0) is 20.8. The fourth-order valence-corrected chi connectivity index (χ4v) is 3.22. The quantitative estimate of drug-likeness (QED) is 0.633. The van der Waals surface area contributed by atoms with Crippen molar-refractivity contribution in [1.29, 1.82) is 0 Å². The highest BCUT2D eigenvalue weighted by molar-refractivity contribution is 6.07. The van der Waals surface area contributed by atoms with Gasteiger partial charge < -0.3 is 9.80 Å². The van der Waals surface area contributed by atoms with E-state index >= 15 is 0 Å². The van der Waals surface area contributed by atoms with Crippen LogP contribution in [-0.4, -0.2) is 35.3 Å². The van der Waals surface area contributed by atoms with E-state index in [1.165, 1.54) is 12.4 Å². The molecule has 0 aliphatic carbocycles. The fraction of sp³-hybridized carbons (Fsp3) is 0.208. The molecule has 5 heteroatoms. The summed E-state index contributed by atoms with van der Waals surface area (Å²) in [4.78, 5) is 33.4. The summed E-state index contributed by atoms with van der Waals surface area (Å²) in [5.41, 5.74) is 3.75. The molecule has 0 bridgehead atoms. The minimum absolute atomic E-state index is 0.172. The van der Waals surface area contributed by atoms with Crippen LogP contribution in [0.5, 0.6) is 0 Å². The Balaban J connectivity index is 1.80. The molecule has 29 heavy (non-hydrogen) atoms. The maximum absolute atomic E-state index is 13.1. The highest BCUT2D eigenvalue weighted by Gasteiger charge is 2.19. The number of hydrogen-bond donors (Lipinski definition) is 0. The molecule has 0 fully saturated rings. The number of amides is 2. The smallest absolute Gasteiger partial charge is 0.259 e. The van der Waals surface area contributed by atoms with Gasteiger partial charge in [-0.05, 0) is 43.2 Å². The largest absolute Gasteiger partial charge is 0.337 e. The molecular formula is C24H25N3O2. The maximum Gasteiger partial charge on any atom is 0.259 e. The molecule has 0 unspecified atom stereocenters. The van der Waals surface area contributed by atoms with E-state index in [0.717, 1.165) is 16.8 Å². The number of benzene rings is 2. The second-order valence-electron chi connectivity index (χ2n) is 7.00. The maximum atomic E-state index is 13.1. The second kappa shape index (κ2) is 9.15. The lowest BCUT2D eigenvalue weighted by molar-refractivity contribution is 0.0784. The van der Waals surface area contributed by atoms with Crippen LogP contribution >= 0.6 is 0 Å². The van der Waals surface area contributed by atoms with E-state index in [4.69, 9.17) is 0 Å². The van der Waals surface area contributed by atoms with E-state index in [-0.39, 0.29) is 11.8 Å². The van der Waals surface area contributed by atoms with E-state index in [2.05, 4.69) is 4.98 Å². The van der Waals surface area contributed by atoms with Crippen molar-refractivity contribution in [2.45, 2.75) is 20.4 Å². The van der Waals surface area contributed by atoms with Crippen LogP contribution in [0.25, 0.3) is 0 Å². The van der Waals surface area contributed by atoms with Crippen LogP contribution in [0, 0.1) is 6.92 Å². The minimum Gasteiger partial charge on any atom is -0.337 e. The highest BCUT2D eigenvalue weighted by atomic mass is 16.2. The molecule has 0 saturated carbocycles. The van der Waals surface area contributed by atoms with Gasteiger partial charge in [-0.2, -0.15) is 0 Å². The van der Waals surface area contributed by atoms with Gasteiger partial charge in [0.2, 0.25) is 0 Å². The molecule has 148 valence electrons. The Morgan fingerprint density at radius 3 is 2.24 bits per heavy atom. The first-order valence-corrected chi connectivity index (χ1v) is 9.62. The summed E-state index contributed by atoms with van der Waals surface area (Å²) in [6.45, 7) is 4.93. The van der Waals surface area contributed by atoms with Gasteiger partial charge in [-0.3, -0.25) is 14.6 Å². The molecule has 0 radical (unpaired) electrons. The van der Waals surface area contributed by atoms with Gasteiger partial charge >= 0.3 is 0 Å². The summed E-state index contributed by atoms with van der Waals surface area (Å²) in [7, 11) is 1.74. The molecule has 2 aromatic carbocycles. The predicted molar refractivity (Wildman–Crippen MR) is 115 cm³/mol. The van der Waals surface area contributed by atoms with Crippen LogP contribution in [0.2, 0.25) is 0 Å². The summed E-state index contributed by atoms with van der Waals surface area (Å²) in [5.74, 6) is -0.347. The third-order valence-corrected chi connectivity index (χ3v) is 4.72. The molecule has 1 aromatic heterocycles. The standard InChI is InChI=1S/C24H25N3O2/c1-4-27(22-12-8-9-18(2)13-22)24(29)21-14-20(15-25-16-21)23(28)26(3)17-19-10-6-5-7-11-19/h5-16H,4,17H2,1-3H3. The van der Waals surface area contributed by atoms with Crippen molar-refractivity contribution in [2.75, 3.05) is 18.5 Å². The second-order valence-corrected chi connectivity index (χ2v) is 7.00. The monoisotopic (exact) mass is 387 g/mol. The molecule has 0 aliphatic rings. The van der Waals surface area contributed by atoms with E-state index < -0.39 is 0 Å². The van der Waals surface area contributed by atoms with Crippen molar-refractivity contribution in [3.63, 3.8) is 0 Å². The Bertz CT molecular complexity index is 1000. The molecule has 0 atom stereocenters. The van der Waals surface area contributed by atoms with Crippen LogP contribution in [0.4, 0.5) is 5.69 Å². The summed E-state index contributed by atoms with van der Waals surface area (Å²) < 4.78 is 0. The first-order chi connectivity index (χ1) is 14.0. The van der Waals surface area contributed by atoms with Crippen molar-refractivity contribution in [3.8, 4) is 0 Å². The Morgan fingerprint density at radius 1 is 0.897 bits per heavy atom. The number of rotatable bonds is 6. The average Bonchev–Trinajstić information content (AvgIpc) is 2.74. The number of hydrogen-bond acceptors (Lipinski definition) is 3. The zero-order valence-corrected chi connectivity index (χ0v) is 17.0. The molecule has 0 N–H and O–H groups in total. The predicted octanol–water partition coefficient (Wildman–Crippen LogP) is 4.33. The van der Waals surface area contributed by atoms with Gasteiger partial charge in [0.1, 0.15) is 0 Å². The highest BCUT2D eigenvalue weighted by Crippen LogP contribution is 2.19. The Hall–Kier alpha value is -3.47. The van der Waals surface area contributed by atoms with Crippen molar-refractivity contribution >= 4 is 17.5 Å². The number of nitrogens with zero attached hydrogens (tertiary/aromatic N) is 3. The Labute approximate surface area is 171 Å². The number of pyridine rings is 1. The molecule has 0 spiro atoms. The molecular weight excluding hydrogens is 362 g/mol. The molecule has 3 aromatic rings. The Morgan fingerprint density at radius 2 is 1.59 bits per heavy atom. The number of carbonyl (C=O) groups is 2. The van der Waals surface area contributed by atoms with Crippen molar-refractivity contribution in [2.24, 2.45) is 0 Å². The van der Waals surface area contributed by atoms with Crippen molar-refractivity contribution in [1.82, 2.24) is 9.88 Å². The van der Waals surface area contributed by atoms with E-state index in [0.29, 0.717) is 24.2 Å². The number of anilines is 1. The third kappa shape index (κ3) is 4.88. The number of aromatic nitrogens is 1. The lowest BCUT2D eigenvalue weighted by Gasteiger charge is -2.22. The van der Waals surface area contributed by atoms with Gasteiger partial charge in [-0.25, -0.2) is 0 Å². The lowest BCUT2D eigenvalue weighted by atomic mass is 10.1. The van der Waals surface area contributed by atoms with Crippen LogP contribution in [0.3, 0.4) is 0 Å². The summed E-state index contributed by atoms with van der Waals surface area (Å²) in [6.07, 6.45) is 3.01. The van der Waals surface area contributed by atoms with Gasteiger partial charge in [0, 0.05) is 38.2 Å². The minimum atomic E-state index is -0.175. The van der Waals surface area contributed by atoms with Crippen molar-refractivity contribution in [3.05, 3.63) is 95.3 Å². The van der Waals surface area contributed by atoms with E-state index in [1.807, 2.05) is 68.4 Å². The molecule has 2 amide bonds. The van der Waals surface area contributed by atoms with Gasteiger partial charge in [-0.1, -0.05) is 42.5 Å². The van der Waals surface area contributed by atoms with Crippen LogP contribution in [0.1, 0.15) is 38.8 Å². The van der Waals surface area contributed by atoms with E-state index in [9.17, 15) is 9.59 Å². The molecule has 5 nitrogen and oxygen atoms in total. The fourth-order valence-electron chi connectivity index (χ4n) is 3.22. The van der Waals surface area contributed by atoms with Crippen LogP contribution in [0.15, 0.2) is 73.1 Å². The topological polar surface area (TPSA) is 53.5 Å². The molecule has 3 rings (SSSR count). The zero-order valence-electron chi connectivity index (χ0n) is 17.0. The first kappa shape index (κ1) is 20.3. The number of aryl methyl sites for hydroxylation is 1. The summed E-state index contributed by atoms with van der Waals surface area (Å²) in [6, 6.07) is 19.2.